The Morgan fingerprint density at radius 2 is 1.57 bits per heavy atom. The second kappa shape index (κ2) is 8.10. The van der Waals surface area contributed by atoms with E-state index in [0.29, 0.717) is 18.4 Å². The van der Waals surface area contributed by atoms with Crippen LogP contribution in [0, 0.1) is 22.0 Å². The van der Waals surface area contributed by atoms with Crippen LogP contribution in [0.3, 0.4) is 0 Å². The van der Waals surface area contributed by atoms with Crippen LogP contribution in [0.5, 0.6) is 0 Å². The molecule has 0 radical (unpaired) electrons. The molecule has 0 fully saturated rings. The summed E-state index contributed by atoms with van der Waals surface area (Å²) in [7, 11) is 0. The minimum atomic E-state index is -0.374. The highest BCUT2D eigenvalue weighted by Gasteiger charge is 2.21. The van der Waals surface area contributed by atoms with Crippen molar-refractivity contribution in [3.05, 3.63) is 39.9 Å². The van der Waals surface area contributed by atoms with Gasteiger partial charge in [-0.1, -0.05) is 39.8 Å². The van der Waals surface area contributed by atoms with Crippen molar-refractivity contribution in [1.82, 2.24) is 4.90 Å². The highest BCUT2D eigenvalue weighted by Crippen LogP contribution is 2.24. The smallest absolute Gasteiger partial charge is 0.269 e. The first kappa shape index (κ1) is 17.6. The first-order valence-corrected chi connectivity index (χ1v) is 7.53. The van der Waals surface area contributed by atoms with Gasteiger partial charge in [0.25, 0.3) is 5.69 Å². The summed E-state index contributed by atoms with van der Waals surface area (Å²) in [6.45, 7) is 11.2. The van der Waals surface area contributed by atoms with Gasteiger partial charge in [0, 0.05) is 37.8 Å². The van der Waals surface area contributed by atoms with E-state index in [2.05, 4.69) is 32.6 Å². The van der Waals surface area contributed by atoms with Crippen LogP contribution < -0.4 is 5.73 Å². The van der Waals surface area contributed by atoms with Crippen molar-refractivity contribution in [3.8, 4) is 0 Å². The lowest BCUT2D eigenvalue weighted by molar-refractivity contribution is -0.384. The number of nitro groups is 1. The largest absolute Gasteiger partial charge is 0.329 e. The molecular weight excluding hydrogens is 266 g/mol. The molecule has 21 heavy (non-hydrogen) atoms. The summed E-state index contributed by atoms with van der Waals surface area (Å²) in [5, 5.41) is 10.7. The van der Waals surface area contributed by atoms with E-state index in [1.807, 2.05) is 12.1 Å². The average Bonchev–Trinajstić information content (AvgIpc) is 2.38. The molecule has 1 aromatic rings. The molecule has 0 saturated heterocycles. The quantitative estimate of drug-likeness (QED) is 0.590. The topological polar surface area (TPSA) is 72.4 Å². The molecule has 0 heterocycles. The Bertz CT molecular complexity index is 433. The lowest BCUT2D eigenvalue weighted by atomic mass is 10.0. The molecule has 1 atom stereocenters. The summed E-state index contributed by atoms with van der Waals surface area (Å²) in [6.07, 6.45) is 0. The normalized spacial score (nSPS) is 13.1. The van der Waals surface area contributed by atoms with Crippen molar-refractivity contribution in [2.24, 2.45) is 17.6 Å². The summed E-state index contributed by atoms with van der Waals surface area (Å²) in [5.41, 5.74) is 7.14. The van der Waals surface area contributed by atoms with Crippen molar-refractivity contribution in [2.45, 2.75) is 33.7 Å². The molecule has 0 aliphatic rings. The van der Waals surface area contributed by atoms with E-state index in [-0.39, 0.29) is 16.7 Å². The van der Waals surface area contributed by atoms with Gasteiger partial charge in [0.1, 0.15) is 0 Å². The van der Waals surface area contributed by atoms with E-state index >= 15 is 0 Å². The zero-order valence-electron chi connectivity index (χ0n) is 13.5. The standard InChI is InChI=1S/C16H27N3O2/c1-12(2)10-18(11-13(3)4)16(9-17)14-5-7-15(8-6-14)19(20)21/h5-8,12-13,16H,9-11,17H2,1-4H3. The summed E-state index contributed by atoms with van der Waals surface area (Å²) in [4.78, 5) is 12.8. The maximum atomic E-state index is 10.7. The molecule has 0 saturated carbocycles. The summed E-state index contributed by atoms with van der Waals surface area (Å²) < 4.78 is 0. The predicted octanol–water partition coefficient (Wildman–Crippen LogP) is 3.21. The van der Waals surface area contributed by atoms with E-state index in [4.69, 9.17) is 5.73 Å². The van der Waals surface area contributed by atoms with Crippen LogP contribution in [0.25, 0.3) is 0 Å². The fourth-order valence-corrected chi connectivity index (χ4v) is 2.58. The van der Waals surface area contributed by atoms with Gasteiger partial charge in [0.05, 0.1) is 4.92 Å². The Labute approximate surface area is 127 Å². The first-order valence-electron chi connectivity index (χ1n) is 7.53. The van der Waals surface area contributed by atoms with Gasteiger partial charge in [0.2, 0.25) is 0 Å². The fourth-order valence-electron chi connectivity index (χ4n) is 2.58. The Morgan fingerprint density at radius 1 is 1.10 bits per heavy atom. The number of nitrogens with two attached hydrogens (primary N) is 1. The van der Waals surface area contributed by atoms with E-state index in [1.54, 1.807) is 12.1 Å². The molecule has 0 aromatic heterocycles. The lowest BCUT2D eigenvalue weighted by Gasteiger charge is -2.34. The van der Waals surface area contributed by atoms with Crippen molar-refractivity contribution in [2.75, 3.05) is 19.6 Å². The Kier molecular flexibility index (Phi) is 6.78. The van der Waals surface area contributed by atoms with Gasteiger partial charge in [-0.2, -0.15) is 0 Å². The molecular formula is C16H27N3O2. The van der Waals surface area contributed by atoms with Gasteiger partial charge in [-0.05, 0) is 17.4 Å². The molecule has 0 spiro atoms. The highest BCUT2D eigenvalue weighted by atomic mass is 16.6. The predicted molar refractivity (Wildman–Crippen MR) is 86.1 cm³/mol. The van der Waals surface area contributed by atoms with Crippen LogP contribution in [0.15, 0.2) is 24.3 Å². The van der Waals surface area contributed by atoms with Gasteiger partial charge in [-0.15, -0.1) is 0 Å². The maximum absolute atomic E-state index is 10.7. The van der Waals surface area contributed by atoms with Crippen LogP contribution in [0.4, 0.5) is 5.69 Å². The van der Waals surface area contributed by atoms with Gasteiger partial charge >= 0.3 is 0 Å². The molecule has 0 aliphatic heterocycles. The van der Waals surface area contributed by atoms with E-state index < -0.39 is 0 Å². The Hall–Kier alpha value is -1.46. The number of rotatable bonds is 8. The molecule has 2 N–H and O–H groups in total. The molecule has 1 unspecified atom stereocenters. The summed E-state index contributed by atoms with van der Waals surface area (Å²) in [6, 6.07) is 6.87. The molecule has 1 aromatic carbocycles. The number of nitrogens with zero attached hydrogens (tertiary/aromatic N) is 2. The third kappa shape index (κ3) is 5.44. The minimum absolute atomic E-state index is 0.107. The number of hydrogen-bond donors (Lipinski definition) is 1. The molecule has 0 amide bonds. The van der Waals surface area contributed by atoms with Crippen molar-refractivity contribution < 1.29 is 4.92 Å². The second-order valence-electron chi connectivity index (χ2n) is 6.34. The Morgan fingerprint density at radius 3 is 1.90 bits per heavy atom. The van der Waals surface area contributed by atoms with Crippen LogP contribution in [0.1, 0.15) is 39.3 Å². The fraction of sp³-hybridized carbons (Fsp3) is 0.625. The third-order valence-corrected chi connectivity index (χ3v) is 3.35. The summed E-state index contributed by atoms with van der Waals surface area (Å²) >= 11 is 0. The van der Waals surface area contributed by atoms with Crippen LogP contribution in [0.2, 0.25) is 0 Å². The number of hydrogen-bond acceptors (Lipinski definition) is 4. The first-order chi connectivity index (χ1) is 9.85. The Balaban J connectivity index is 2.97. The SMILES string of the molecule is CC(C)CN(CC(C)C)C(CN)c1ccc([N+](=O)[O-])cc1. The van der Waals surface area contributed by atoms with Crippen molar-refractivity contribution in [1.29, 1.82) is 0 Å². The molecule has 5 nitrogen and oxygen atoms in total. The minimum Gasteiger partial charge on any atom is -0.329 e. The van der Waals surface area contributed by atoms with Crippen LogP contribution in [-0.4, -0.2) is 29.5 Å². The third-order valence-electron chi connectivity index (χ3n) is 3.35. The van der Waals surface area contributed by atoms with Gasteiger partial charge in [-0.25, -0.2) is 0 Å². The number of non-ortho nitro benzene ring substituents is 1. The maximum Gasteiger partial charge on any atom is 0.269 e. The second-order valence-corrected chi connectivity index (χ2v) is 6.34. The van der Waals surface area contributed by atoms with Gasteiger partial charge in [-0.3, -0.25) is 15.0 Å². The van der Waals surface area contributed by atoms with E-state index in [0.717, 1.165) is 18.7 Å². The molecule has 0 bridgehead atoms. The van der Waals surface area contributed by atoms with Crippen LogP contribution in [-0.2, 0) is 0 Å². The van der Waals surface area contributed by atoms with Crippen molar-refractivity contribution >= 4 is 5.69 Å². The molecule has 118 valence electrons. The molecule has 1 rings (SSSR count). The van der Waals surface area contributed by atoms with Gasteiger partial charge in [0.15, 0.2) is 0 Å². The monoisotopic (exact) mass is 293 g/mol. The highest BCUT2D eigenvalue weighted by molar-refractivity contribution is 5.34. The molecule has 0 aliphatic carbocycles. The zero-order chi connectivity index (χ0) is 16.0. The number of nitro benzene ring substituents is 1. The molecule has 5 heteroatoms. The zero-order valence-corrected chi connectivity index (χ0v) is 13.5. The van der Waals surface area contributed by atoms with E-state index in [1.165, 1.54) is 0 Å². The van der Waals surface area contributed by atoms with Crippen molar-refractivity contribution in [3.63, 3.8) is 0 Å². The lowest BCUT2D eigenvalue weighted by Crippen LogP contribution is -2.38. The van der Waals surface area contributed by atoms with Crippen LogP contribution >= 0.6 is 0 Å². The average molecular weight is 293 g/mol. The van der Waals surface area contributed by atoms with Gasteiger partial charge < -0.3 is 5.73 Å². The summed E-state index contributed by atoms with van der Waals surface area (Å²) in [5.74, 6) is 1.10. The number of benzene rings is 1. The van der Waals surface area contributed by atoms with E-state index in [9.17, 15) is 10.1 Å².